The largest absolute Gasteiger partial charge is 0.494 e. The SMILES string of the molecule is CCOc1ccc(S(=O)(=O)N(CC(=O)N(Cc2ccc(Cl)c(Cl)c2)C(C)C(=O)NC2CCCC2)c2ccccc2)cc1. The van der Waals surface area contributed by atoms with E-state index in [2.05, 4.69) is 5.32 Å². The number of ether oxygens (including phenoxy) is 1. The summed E-state index contributed by atoms with van der Waals surface area (Å²) in [6, 6.07) is 18.6. The summed E-state index contributed by atoms with van der Waals surface area (Å²) in [5.41, 5.74) is 0.969. The second kappa shape index (κ2) is 14.3. The number of carbonyl (C=O) groups excluding carboxylic acids is 2. The van der Waals surface area contributed by atoms with Crippen molar-refractivity contribution in [2.75, 3.05) is 17.5 Å². The summed E-state index contributed by atoms with van der Waals surface area (Å²) in [6.45, 7) is 3.43. The van der Waals surface area contributed by atoms with Crippen molar-refractivity contribution >= 4 is 50.7 Å². The quantitative estimate of drug-likeness (QED) is 0.262. The summed E-state index contributed by atoms with van der Waals surface area (Å²) in [7, 11) is -4.17. The van der Waals surface area contributed by atoms with Gasteiger partial charge in [0.2, 0.25) is 11.8 Å². The smallest absolute Gasteiger partial charge is 0.264 e. The highest BCUT2D eigenvalue weighted by atomic mass is 35.5. The third-order valence-corrected chi connectivity index (χ3v) is 9.78. The van der Waals surface area contributed by atoms with E-state index in [9.17, 15) is 18.0 Å². The van der Waals surface area contributed by atoms with Crippen molar-refractivity contribution in [1.29, 1.82) is 0 Å². The molecule has 42 heavy (non-hydrogen) atoms. The third kappa shape index (κ3) is 7.76. The van der Waals surface area contributed by atoms with Crippen LogP contribution in [0.25, 0.3) is 0 Å². The van der Waals surface area contributed by atoms with Crippen molar-refractivity contribution in [3.8, 4) is 5.75 Å². The van der Waals surface area contributed by atoms with E-state index in [4.69, 9.17) is 27.9 Å². The Labute approximate surface area is 257 Å². The lowest BCUT2D eigenvalue weighted by molar-refractivity contribution is -0.139. The van der Waals surface area contributed by atoms with E-state index in [1.807, 2.05) is 6.92 Å². The molecule has 0 bridgehead atoms. The molecule has 0 radical (unpaired) electrons. The molecule has 1 atom stereocenters. The van der Waals surface area contributed by atoms with Crippen LogP contribution in [0.15, 0.2) is 77.7 Å². The molecule has 8 nitrogen and oxygen atoms in total. The minimum absolute atomic E-state index is 0.00524. The first-order chi connectivity index (χ1) is 20.1. The molecule has 1 unspecified atom stereocenters. The summed E-state index contributed by atoms with van der Waals surface area (Å²) in [5, 5.41) is 3.73. The van der Waals surface area contributed by atoms with Gasteiger partial charge in [-0.2, -0.15) is 0 Å². The van der Waals surface area contributed by atoms with Crippen LogP contribution < -0.4 is 14.4 Å². The molecule has 3 aromatic rings. The zero-order chi connectivity index (χ0) is 30.3. The molecule has 1 fully saturated rings. The fourth-order valence-corrected chi connectivity index (χ4v) is 6.67. The van der Waals surface area contributed by atoms with E-state index in [0.717, 1.165) is 30.0 Å². The number of anilines is 1. The molecule has 224 valence electrons. The lowest BCUT2D eigenvalue weighted by Crippen LogP contribution is -2.52. The molecule has 1 N–H and O–H groups in total. The van der Waals surface area contributed by atoms with E-state index in [1.54, 1.807) is 67.6 Å². The van der Waals surface area contributed by atoms with Crippen molar-refractivity contribution in [3.63, 3.8) is 0 Å². The first-order valence-corrected chi connectivity index (χ1v) is 16.1. The maximum Gasteiger partial charge on any atom is 0.264 e. The Morgan fingerprint density at radius 2 is 1.64 bits per heavy atom. The van der Waals surface area contributed by atoms with Crippen LogP contribution in [0.2, 0.25) is 10.0 Å². The molecule has 1 aliphatic carbocycles. The van der Waals surface area contributed by atoms with Gasteiger partial charge in [-0.05, 0) is 80.8 Å². The van der Waals surface area contributed by atoms with Crippen molar-refractivity contribution in [2.45, 2.75) is 63.1 Å². The predicted octanol–water partition coefficient (Wildman–Crippen LogP) is 6.06. The Kier molecular flexibility index (Phi) is 10.8. The first kappa shape index (κ1) is 31.7. The minimum atomic E-state index is -4.17. The number of hydrogen-bond donors (Lipinski definition) is 1. The van der Waals surface area contributed by atoms with Gasteiger partial charge in [-0.25, -0.2) is 8.42 Å². The summed E-state index contributed by atoms with van der Waals surface area (Å²) in [6.07, 6.45) is 3.87. The molecule has 4 rings (SSSR count). The van der Waals surface area contributed by atoms with Crippen molar-refractivity contribution in [3.05, 3.63) is 88.4 Å². The first-order valence-electron chi connectivity index (χ1n) is 13.9. The van der Waals surface area contributed by atoms with Gasteiger partial charge in [0.1, 0.15) is 18.3 Å². The molecule has 11 heteroatoms. The zero-order valence-electron chi connectivity index (χ0n) is 23.6. The molecular formula is C31H35Cl2N3O5S. The number of carbonyl (C=O) groups is 2. The predicted molar refractivity (Wildman–Crippen MR) is 165 cm³/mol. The van der Waals surface area contributed by atoms with Crippen LogP contribution in [0.4, 0.5) is 5.69 Å². The number of para-hydroxylation sites is 1. The maximum atomic E-state index is 14.0. The maximum absolute atomic E-state index is 14.0. The van der Waals surface area contributed by atoms with E-state index in [1.165, 1.54) is 17.0 Å². The topological polar surface area (TPSA) is 96.0 Å². The summed E-state index contributed by atoms with van der Waals surface area (Å²) < 4.78 is 34.4. The minimum Gasteiger partial charge on any atom is -0.494 e. The summed E-state index contributed by atoms with van der Waals surface area (Å²) in [5.74, 6) is -0.307. The molecule has 0 spiro atoms. The lowest BCUT2D eigenvalue weighted by atomic mass is 10.1. The van der Waals surface area contributed by atoms with E-state index in [0.29, 0.717) is 33.7 Å². The fourth-order valence-electron chi connectivity index (χ4n) is 4.93. The summed E-state index contributed by atoms with van der Waals surface area (Å²) >= 11 is 12.3. The molecule has 1 saturated carbocycles. The van der Waals surface area contributed by atoms with Crippen molar-refractivity contribution < 1.29 is 22.7 Å². The number of rotatable bonds is 12. The van der Waals surface area contributed by atoms with Crippen molar-refractivity contribution in [2.24, 2.45) is 0 Å². The summed E-state index contributed by atoms with van der Waals surface area (Å²) in [4.78, 5) is 28.8. The van der Waals surface area contributed by atoms with Crippen LogP contribution in [-0.2, 0) is 26.2 Å². The van der Waals surface area contributed by atoms with Gasteiger partial charge in [-0.3, -0.25) is 13.9 Å². The van der Waals surface area contributed by atoms with Crippen LogP contribution in [0, 0.1) is 0 Å². The third-order valence-electron chi connectivity index (χ3n) is 7.25. The molecule has 3 aromatic carbocycles. The molecule has 0 heterocycles. The standard InChI is InChI=1S/C31H35Cl2N3O5S/c1-3-41-26-14-16-27(17-15-26)42(39,40)36(25-11-5-4-6-12-25)21-30(37)35(20-23-13-18-28(32)29(33)19-23)22(2)31(38)34-24-9-7-8-10-24/h4-6,11-19,22,24H,3,7-10,20-21H2,1-2H3,(H,34,38). The highest BCUT2D eigenvalue weighted by Gasteiger charge is 2.33. The van der Waals surface area contributed by atoms with Crippen LogP contribution >= 0.6 is 23.2 Å². The van der Waals surface area contributed by atoms with Crippen LogP contribution in [0.5, 0.6) is 5.75 Å². The Balaban J connectivity index is 1.67. The number of hydrogen-bond acceptors (Lipinski definition) is 5. The average molecular weight is 633 g/mol. The fraction of sp³-hybridized carbons (Fsp3) is 0.355. The molecule has 0 saturated heterocycles. The van der Waals surface area contributed by atoms with Crippen LogP contribution in [0.1, 0.15) is 45.1 Å². The second-order valence-electron chi connectivity index (χ2n) is 10.2. The van der Waals surface area contributed by atoms with Crippen LogP contribution in [0.3, 0.4) is 0 Å². The van der Waals surface area contributed by atoms with Gasteiger partial charge in [0, 0.05) is 12.6 Å². The highest BCUT2D eigenvalue weighted by molar-refractivity contribution is 7.92. The normalized spacial score (nSPS) is 14.3. The van der Waals surface area contributed by atoms with Gasteiger partial charge in [0.25, 0.3) is 10.0 Å². The number of halogens is 2. The van der Waals surface area contributed by atoms with E-state index < -0.39 is 28.5 Å². The highest BCUT2D eigenvalue weighted by Crippen LogP contribution is 2.27. The number of amides is 2. The van der Waals surface area contributed by atoms with E-state index >= 15 is 0 Å². The molecule has 0 aromatic heterocycles. The number of nitrogens with zero attached hydrogens (tertiary/aromatic N) is 2. The van der Waals surface area contributed by atoms with E-state index in [-0.39, 0.29) is 23.4 Å². The average Bonchev–Trinajstić information content (AvgIpc) is 3.50. The number of sulfonamides is 1. The number of nitrogens with one attached hydrogen (secondary N) is 1. The van der Waals surface area contributed by atoms with Gasteiger partial charge >= 0.3 is 0 Å². The molecular weight excluding hydrogens is 597 g/mol. The van der Waals surface area contributed by atoms with Gasteiger partial charge in [0.05, 0.1) is 27.2 Å². The lowest BCUT2D eigenvalue weighted by Gasteiger charge is -2.32. The van der Waals surface area contributed by atoms with Gasteiger partial charge < -0.3 is 15.0 Å². The Morgan fingerprint density at radius 1 is 0.976 bits per heavy atom. The van der Waals surface area contributed by atoms with Gasteiger partial charge in [-0.1, -0.05) is 60.3 Å². The molecule has 2 amide bonds. The van der Waals surface area contributed by atoms with Gasteiger partial charge in [0.15, 0.2) is 0 Å². The van der Waals surface area contributed by atoms with Gasteiger partial charge in [-0.15, -0.1) is 0 Å². The Morgan fingerprint density at radius 3 is 2.26 bits per heavy atom. The number of benzene rings is 3. The Hall–Kier alpha value is -3.27. The van der Waals surface area contributed by atoms with Crippen LogP contribution in [-0.4, -0.2) is 50.4 Å². The second-order valence-corrected chi connectivity index (χ2v) is 12.9. The monoisotopic (exact) mass is 631 g/mol. The molecule has 0 aliphatic heterocycles. The Bertz CT molecular complexity index is 1480. The zero-order valence-corrected chi connectivity index (χ0v) is 26.0. The van der Waals surface area contributed by atoms with Crippen molar-refractivity contribution in [1.82, 2.24) is 10.2 Å². The molecule has 1 aliphatic rings.